The van der Waals surface area contributed by atoms with Crippen molar-refractivity contribution in [1.82, 2.24) is 10.2 Å². The molecule has 0 spiro atoms. The zero-order chi connectivity index (χ0) is 12.3. The summed E-state index contributed by atoms with van der Waals surface area (Å²) < 4.78 is 0.705. The molecule has 0 aliphatic heterocycles. The number of aromatic hydroxyl groups is 2. The van der Waals surface area contributed by atoms with Crippen LogP contribution in [-0.2, 0) is 0 Å². The van der Waals surface area contributed by atoms with Gasteiger partial charge < -0.3 is 10.2 Å². The summed E-state index contributed by atoms with van der Waals surface area (Å²) in [6.45, 7) is 0. The third-order valence-electron chi connectivity index (χ3n) is 1.95. The van der Waals surface area contributed by atoms with E-state index in [1.54, 1.807) is 5.51 Å². The summed E-state index contributed by atoms with van der Waals surface area (Å²) in [4.78, 5) is 11.8. The van der Waals surface area contributed by atoms with Crippen LogP contribution in [0.15, 0.2) is 28.0 Å². The Morgan fingerprint density at radius 3 is 2.88 bits per heavy atom. The average molecular weight is 268 g/mol. The number of phenols is 2. The van der Waals surface area contributed by atoms with Crippen molar-refractivity contribution in [1.29, 1.82) is 0 Å². The average Bonchev–Trinajstić information content (AvgIpc) is 2.78. The Labute approximate surface area is 105 Å². The molecule has 0 fully saturated rings. The van der Waals surface area contributed by atoms with Crippen molar-refractivity contribution in [3.8, 4) is 11.5 Å². The van der Waals surface area contributed by atoms with Gasteiger partial charge in [0.15, 0.2) is 10.1 Å². The predicted molar refractivity (Wildman–Crippen MR) is 64.7 cm³/mol. The third kappa shape index (κ3) is 2.95. The van der Waals surface area contributed by atoms with E-state index in [2.05, 4.69) is 10.2 Å². The van der Waals surface area contributed by atoms with Crippen LogP contribution in [0.1, 0.15) is 10.4 Å². The van der Waals surface area contributed by atoms with Crippen LogP contribution in [0.4, 0.5) is 0 Å². The van der Waals surface area contributed by atoms with E-state index in [0.29, 0.717) is 4.34 Å². The minimum Gasteiger partial charge on any atom is -0.508 e. The van der Waals surface area contributed by atoms with Crippen LogP contribution in [0.3, 0.4) is 0 Å². The Morgan fingerprint density at radius 1 is 1.41 bits per heavy atom. The molecule has 0 radical (unpaired) electrons. The SMILES string of the molecule is O=C(CSc1nncs1)c1ccc(O)cc1O. The van der Waals surface area contributed by atoms with Gasteiger partial charge in [0.25, 0.3) is 0 Å². The van der Waals surface area contributed by atoms with Crippen molar-refractivity contribution < 1.29 is 15.0 Å². The van der Waals surface area contributed by atoms with Crippen molar-refractivity contribution in [3.05, 3.63) is 29.3 Å². The van der Waals surface area contributed by atoms with Gasteiger partial charge in [-0.25, -0.2) is 0 Å². The minimum absolute atomic E-state index is 0.0733. The van der Waals surface area contributed by atoms with Gasteiger partial charge in [-0.1, -0.05) is 23.1 Å². The molecule has 0 saturated carbocycles. The summed E-state index contributed by atoms with van der Waals surface area (Å²) in [6, 6.07) is 3.90. The number of hydrogen-bond acceptors (Lipinski definition) is 7. The molecule has 0 saturated heterocycles. The van der Waals surface area contributed by atoms with E-state index >= 15 is 0 Å². The smallest absolute Gasteiger partial charge is 0.176 e. The molecule has 0 aliphatic carbocycles. The van der Waals surface area contributed by atoms with Crippen LogP contribution < -0.4 is 0 Å². The second-order valence-corrected chi connectivity index (χ2v) is 5.17. The van der Waals surface area contributed by atoms with Crippen LogP contribution >= 0.6 is 23.1 Å². The molecular formula is C10H8N2O3S2. The van der Waals surface area contributed by atoms with Gasteiger partial charge in [0.05, 0.1) is 11.3 Å². The quantitative estimate of drug-likeness (QED) is 0.651. The van der Waals surface area contributed by atoms with Gasteiger partial charge >= 0.3 is 0 Å². The maximum absolute atomic E-state index is 11.8. The van der Waals surface area contributed by atoms with Gasteiger partial charge in [-0.2, -0.15) is 0 Å². The minimum atomic E-state index is -0.220. The summed E-state index contributed by atoms with van der Waals surface area (Å²) in [5.41, 5.74) is 1.78. The first-order valence-corrected chi connectivity index (χ1v) is 6.47. The summed E-state index contributed by atoms with van der Waals surface area (Å²) in [6.07, 6.45) is 0. The lowest BCUT2D eigenvalue weighted by molar-refractivity contribution is 0.102. The summed E-state index contributed by atoms with van der Waals surface area (Å²) in [5, 5.41) is 26.1. The second kappa shape index (κ2) is 5.15. The van der Waals surface area contributed by atoms with Crippen LogP contribution in [0, 0.1) is 0 Å². The molecule has 7 heteroatoms. The maximum Gasteiger partial charge on any atom is 0.176 e. The molecule has 0 aliphatic rings. The van der Waals surface area contributed by atoms with Crippen LogP contribution in [0.25, 0.3) is 0 Å². The summed E-state index contributed by atoms with van der Waals surface area (Å²) in [5.74, 6) is -0.334. The monoisotopic (exact) mass is 268 g/mol. The largest absolute Gasteiger partial charge is 0.508 e. The molecule has 1 heterocycles. The van der Waals surface area contributed by atoms with E-state index in [1.807, 2.05) is 0 Å². The fourth-order valence-electron chi connectivity index (χ4n) is 1.19. The lowest BCUT2D eigenvalue weighted by atomic mass is 10.1. The molecule has 0 amide bonds. The molecule has 88 valence electrons. The van der Waals surface area contributed by atoms with E-state index in [4.69, 9.17) is 5.11 Å². The topological polar surface area (TPSA) is 83.3 Å². The molecular weight excluding hydrogens is 260 g/mol. The fourth-order valence-corrected chi connectivity index (χ4v) is 2.56. The van der Waals surface area contributed by atoms with Crippen LogP contribution in [0.2, 0.25) is 0 Å². The van der Waals surface area contributed by atoms with Gasteiger partial charge in [-0.3, -0.25) is 4.79 Å². The van der Waals surface area contributed by atoms with Crippen molar-refractivity contribution in [2.24, 2.45) is 0 Å². The summed E-state index contributed by atoms with van der Waals surface area (Å²) in [7, 11) is 0. The van der Waals surface area contributed by atoms with E-state index in [0.717, 1.165) is 6.07 Å². The number of phenolic OH excluding ortho intramolecular Hbond substituents is 2. The fraction of sp³-hybridized carbons (Fsp3) is 0.100. The summed E-state index contributed by atoms with van der Waals surface area (Å²) >= 11 is 2.62. The Kier molecular flexibility index (Phi) is 3.60. The highest BCUT2D eigenvalue weighted by atomic mass is 32.2. The van der Waals surface area contributed by atoms with Gasteiger partial charge in [0.1, 0.15) is 17.0 Å². The lowest BCUT2D eigenvalue weighted by Gasteiger charge is -2.02. The number of rotatable bonds is 4. The van der Waals surface area contributed by atoms with Crippen LogP contribution in [-0.4, -0.2) is 31.9 Å². The molecule has 2 aromatic rings. The molecule has 2 N–H and O–H groups in total. The van der Waals surface area contributed by atoms with Crippen molar-refractivity contribution in [2.45, 2.75) is 4.34 Å². The first-order chi connectivity index (χ1) is 8.16. The van der Waals surface area contributed by atoms with E-state index in [-0.39, 0.29) is 28.6 Å². The number of hydrogen-bond donors (Lipinski definition) is 2. The van der Waals surface area contributed by atoms with Gasteiger partial charge in [0, 0.05) is 6.07 Å². The van der Waals surface area contributed by atoms with Gasteiger partial charge in [0.2, 0.25) is 0 Å². The van der Waals surface area contributed by atoms with Crippen molar-refractivity contribution in [3.63, 3.8) is 0 Å². The molecule has 17 heavy (non-hydrogen) atoms. The molecule has 5 nitrogen and oxygen atoms in total. The Bertz CT molecular complexity index is 528. The van der Waals surface area contributed by atoms with Crippen molar-refractivity contribution >= 4 is 28.9 Å². The highest BCUT2D eigenvalue weighted by Crippen LogP contribution is 2.26. The molecule has 0 bridgehead atoms. The number of nitrogens with zero attached hydrogens (tertiary/aromatic N) is 2. The third-order valence-corrected chi connectivity index (χ3v) is 3.81. The standard InChI is InChI=1S/C10H8N2O3S2/c13-6-1-2-7(8(14)3-6)9(15)4-16-10-12-11-5-17-10/h1-3,5,13-14H,4H2. The first kappa shape index (κ1) is 11.9. The molecule has 1 aromatic carbocycles. The zero-order valence-corrected chi connectivity index (χ0v) is 10.2. The molecule has 0 unspecified atom stereocenters. The van der Waals surface area contributed by atoms with Crippen LogP contribution in [0.5, 0.6) is 11.5 Å². The van der Waals surface area contributed by atoms with Crippen molar-refractivity contribution in [2.75, 3.05) is 5.75 Å². The van der Waals surface area contributed by atoms with E-state index in [9.17, 15) is 9.90 Å². The van der Waals surface area contributed by atoms with Gasteiger partial charge in [-0.05, 0) is 12.1 Å². The Morgan fingerprint density at radius 2 is 2.24 bits per heavy atom. The highest BCUT2D eigenvalue weighted by Gasteiger charge is 2.12. The molecule has 0 atom stereocenters. The van der Waals surface area contributed by atoms with E-state index in [1.165, 1.54) is 35.2 Å². The second-order valence-electron chi connectivity index (χ2n) is 3.12. The highest BCUT2D eigenvalue weighted by molar-refractivity contribution is 8.01. The number of ketones is 1. The predicted octanol–water partition coefficient (Wildman–Crippen LogP) is 1.92. The lowest BCUT2D eigenvalue weighted by Crippen LogP contribution is -2.02. The molecule has 2 rings (SSSR count). The van der Waals surface area contributed by atoms with E-state index < -0.39 is 0 Å². The number of benzene rings is 1. The maximum atomic E-state index is 11.8. The zero-order valence-electron chi connectivity index (χ0n) is 8.53. The Hall–Kier alpha value is -1.60. The van der Waals surface area contributed by atoms with Gasteiger partial charge in [-0.15, -0.1) is 10.2 Å². The number of carbonyl (C=O) groups is 1. The Balaban J connectivity index is 2.04. The number of carbonyl (C=O) groups excluding carboxylic acids is 1. The number of Topliss-reactive ketones (excluding diaryl/α,β-unsaturated/α-hetero) is 1. The normalized spacial score (nSPS) is 10.4. The first-order valence-electron chi connectivity index (χ1n) is 4.61. The number of thioether (sulfide) groups is 1. The number of aromatic nitrogens is 2. The molecule has 1 aromatic heterocycles.